The smallest absolute Gasteiger partial charge is 0.217 e. The maximum absolute atomic E-state index is 14.5. The van der Waals surface area contributed by atoms with E-state index in [1.54, 1.807) is 19.2 Å². The molecule has 4 rings (SSSR count). The average molecular weight is 649 g/mol. The largest absolute Gasteiger partial charge is 0.481 e. The summed E-state index contributed by atoms with van der Waals surface area (Å²) in [4.78, 5) is 6.81. The first-order valence-corrected chi connectivity index (χ1v) is 13.1. The molecule has 4 nitrogen and oxygen atoms in total. The number of ether oxygens (including phenoxy) is 1. The molecule has 0 bridgehead atoms. The zero-order chi connectivity index (χ0) is 25.2. The van der Waals surface area contributed by atoms with Gasteiger partial charge in [-0.1, -0.05) is 46.3 Å². The number of fused-ring (bicyclic) bond motifs is 1. The third-order valence-electron chi connectivity index (χ3n) is 6.23. The quantitative estimate of drug-likeness (QED) is 0.216. The second-order valence-corrected chi connectivity index (χ2v) is 10.9. The summed E-state index contributed by atoms with van der Waals surface area (Å²) in [5.74, 6) is -0.521. The lowest BCUT2D eigenvalue weighted by molar-refractivity contribution is 0.00333. The Morgan fingerprint density at radius 2 is 1.83 bits per heavy atom. The highest BCUT2D eigenvalue weighted by atomic mass is 127. The Bertz CT molecular complexity index is 1350. The van der Waals surface area contributed by atoms with Crippen LogP contribution < -0.4 is 4.74 Å². The molecule has 7 heteroatoms. The van der Waals surface area contributed by atoms with E-state index in [2.05, 4.69) is 38.5 Å². The van der Waals surface area contributed by atoms with Gasteiger partial charge in [0.2, 0.25) is 5.88 Å². The minimum atomic E-state index is -1.44. The average Bonchev–Trinajstić information content (AvgIpc) is 2.83. The molecule has 0 aliphatic rings. The van der Waals surface area contributed by atoms with Crippen molar-refractivity contribution in [2.24, 2.45) is 0 Å². The minimum absolute atomic E-state index is 0.374. The Hall–Kier alpha value is -2.07. The summed E-state index contributed by atoms with van der Waals surface area (Å²) in [6.07, 6.45) is 0.374. The van der Waals surface area contributed by atoms with E-state index in [-0.39, 0.29) is 5.82 Å². The van der Waals surface area contributed by atoms with E-state index in [1.807, 2.05) is 67.5 Å². The lowest BCUT2D eigenvalue weighted by atomic mass is 9.71. The Kier molecular flexibility index (Phi) is 8.10. The van der Waals surface area contributed by atoms with Crippen molar-refractivity contribution in [3.63, 3.8) is 0 Å². The molecule has 182 valence electrons. The summed E-state index contributed by atoms with van der Waals surface area (Å²) in [7, 11) is 5.51. The molecule has 35 heavy (non-hydrogen) atoms. The van der Waals surface area contributed by atoms with Gasteiger partial charge < -0.3 is 14.7 Å². The number of halogens is 3. The van der Waals surface area contributed by atoms with Gasteiger partial charge >= 0.3 is 0 Å². The number of rotatable bonds is 8. The zero-order valence-corrected chi connectivity index (χ0v) is 23.5. The molecule has 3 aromatic carbocycles. The third-order valence-corrected chi connectivity index (χ3v) is 7.71. The molecule has 1 aromatic heterocycles. The number of aliphatic hydroxyl groups is 1. The lowest BCUT2D eigenvalue weighted by Crippen LogP contribution is -2.38. The van der Waals surface area contributed by atoms with Crippen molar-refractivity contribution in [2.75, 3.05) is 27.7 Å². The van der Waals surface area contributed by atoms with E-state index < -0.39 is 11.5 Å². The number of methoxy groups -OCH3 is 1. The minimum Gasteiger partial charge on any atom is -0.481 e. The summed E-state index contributed by atoms with van der Waals surface area (Å²) < 4.78 is 22.2. The Morgan fingerprint density at radius 3 is 2.51 bits per heavy atom. The maximum atomic E-state index is 14.5. The lowest BCUT2D eigenvalue weighted by Gasteiger charge is -2.39. The van der Waals surface area contributed by atoms with E-state index in [0.29, 0.717) is 24.4 Å². The van der Waals surface area contributed by atoms with Crippen molar-refractivity contribution in [3.8, 4) is 5.88 Å². The Morgan fingerprint density at radius 1 is 1.06 bits per heavy atom. The SMILES string of the molecule is COc1nc2ccc(Br)cc2cc1C(c1ccccc1I)C(O)(CCN(C)C)c1cccc(F)c1. The predicted molar refractivity (Wildman–Crippen MR) is 150 cm³/mol. The van der Waals surface area contributed by atoms with E-state index in [9.17, 15) is 9.50 Å². The molecule has 0 saturated heterocycles. The van der Waals surface area contributed by atoms with Crippen molar-refractivity contribution < 1.29 is 14.2 Å². The zero-order valence-electron chi connectivity index (χ0n) is 19.8. The molecule has 0 spiro atoms. The fraction of sp³-hybridized carbons (Fsp3) is 0.250. The van der Waals surface area contributed by atoms with E-state index >= 15 is 0 Å². The van der Waals surface area contributed by atoms with Crippen molar-refractivity contribution >= 4 is 49.4 Å². The first-order valence-electron chi connectivity index (χ1n) is 11.2. The van der Waals surface area contributed by atoms with Gasteiger partial charge in [-0.25, -0.2) is 9.37 Å². The van der Waals surface area contributed by atoms with Crippen LogP contribution in [0, 0.1) is 9.39 Å². The maximum Gasteiger partial charge on any atom is 0.217 e. The summed E-state index contributed by atoms with van der Waals surface area (Å²) in [5.41, 5.74) is 1.53. The first kappa shape index (κ1) is 26.0. The van der Waals surface area contributed by atoms with Crippen LogP contribution in [0.1, 0.15) is 29.0 Å². The molecule has 4 aromatic rings. The molecule has 0 aliphatic heterocycles. The van der Waals surface area contributed by atoms with Gasteiger partial charge in [-0.3, -0.25) is 0 Å². The predicted octanol–water partition coefficient (Wildman–Crippen LogP) is 6.72. The van der Waals surface area contributed by atoms with Crippen LogP contribution in [0.2, 0.25) is 0 Å². The van der Waals surface area contributed by atoms with Gasteiger partial charge in [0.05, 0.1) is 12.6 Å². The van der Waals surface area contributed by atoms with Gasteiger partial charge in [0, 0.05) is 31.5 Å². The molecule has 0 radical (unpaired) electrons. The topological polar surface area (TPSA) is 45.6 Å². The number of benzene rings is 3. The first-order chi connectivity index (χ1) is 16.7. The molecule has 2 atom stereocenters. The standard InChI is InChI=1S/C28H27BrFIN2O2/c1-33(2)14-13-28(34,19-7-6-8-21(30)17-19)26(22-9-4-5-10-24(22)31)23-16-18-15-20(29)11-12-25(18)32-27(23)35-3/h4-12,15-17,26,34H,13-14H2,1-3H3. The highest BCUT2D eigenvalue weighted by molar-refractivity contribution is 14.1. The van der Waals surface area contributed by atoms with E-state index in [0.717, 1.165) is 30.1 Å². The fourth-order valence-corrected chi connectivity index (χ4v) is 5.59. The van der Waals surface area contributed by atoms with Gasteiger partial charge in [-0.15, -0.1) is 0 Å². The van der Waals surface area contributed by atoms with Crippen LogP contribution >= 0.6 is 38.5 Å². The monoisotopic (exact) mass is 648 g/mol. The van der Waals surface area contributed by atoms with Crippen LogP contribution in [-0.2, 0) is 5.60 Å². The molecule has 0 saturated carbocycles. The fourth-order valence-electron chi connectivity index (χ4n) is 4.51. The molecule has 1 N–H and O–H groups in total. The van der Waals surface area contributed by atoms with E-state index in [1.165, 1.54) is 12.1 Å². The van der Waals surface area contributed by atoms with Crippen LogP contribution in [0.25, 0.3) is 10.9 Å². The molecule has 1 heterocycles. The van der Waals surface area contributed by atoms with Crippen LogP contribution in [0.5, 0.6) is 5.88 Å². The Balaban J connectivity index is 2.06. The second kappa shape index (κ2) is 10.9. The number of hydrogen-bond acceptors (Lipinski definition) is 4. The highest BCUT2D eigenvalue weighted by Crippen LogP contribution is 2.48. The van der Waals surface area contributed by atoms with Crippen molar-refractivity contribution in [1.29, 1.82) is 0 Å². The molecular formula is C28H27BrFIN2O2. The van der Waals surface area contributed by atoms with Gasteiger partial charge in [0.15, 0.2) is 0 Å². The summed E-state index contributed by atoms with van der Waals surface area (Å²) >= 11 is 5.85. The number of nitrogens with zero attached hydrogens (tertiary/aromatic N) is 2. The van der Waals surface area contributed by atoms with Crippen molar-refractivity contribution in [3.05, 3.63) is 103 Å². The van der Waals surface area contributed by atoms with Crippen LogP contribution in [-0.4, -0.2) is 42.7 Å². The van der Waals surface area contributed by atoms with Crippen molar-refractivity contribution in [2.45, 2.75) is 17.9 Å². The molecule has 2 unspecified atom stereocenters. The summed E-state index contributed by atoms with van der Waals surface area (Å²) in [6, 6.07) is 22.1. The summed E-state index contributed by atoms with van der Waals surface area (Å²) in [5, 5.41) is 13.5. The molecular weight excluding hydrogens is 622 g/mol. The van der Waals surface area contributed by atoms with Gasteiger partial charge in [-0.05, 0) is 96.7 Å². The number of aromatic nitrogens is 1. The molecule has 0 amide bonds. The van der Waals surface area contributed by atoms with Gasteiger partial charge in [0.1, 0.15) is 11.4 Å². The van der Waals surface area contributed by atoms with Crippen LogP contribution in [0.15, 0.2) is 77.3 Å². The Labute approximate surface area is 227 Å². The highest BCUT2D eigenvalue weighted by Gasteiger charge is 2.43. The molecule has 0 fully saturated rings. The molecule has 0 aliphatic carbocycles. The van der Waals surface area contributed by atoms with Crippen molar-refractivity contribution in [1.82, 2.24) is 9.88 Å². The second-order valence-electron chi connectivity index (χ2n) is 8.87. The number of hydrogen-bond donors (Lipinski definition) is 1. The normalized spacial score (nSPS) is 14.2. The van der Waals surface area contributed by atoms with E-state index in [4.69, 9.17) is 9.72 Å². The van der Waals surface area contributed by atoms with Crippen LogP contribution in [0.4, 0.5) is 4.39 Å². The van der Waals surface area contributed by atoms with Gasteiger partial charge in [0.25, 0.3) is 0 Å². The van der Waals surface area contributed by atoms with Gasteiger partial charge in [-0.2, -0.15) is 0 Å². The third kappa shape index (κ3) is 5.53. The number of pyridine rings is 1. The summed E-state index contributed by atoms with van der Waals surface area (Å²) in [6.45, 7) is 0.599. The van der Waals surface area contributed by atoms with Crippen LogP contribution in [0.3, 0.4) is 0 Å².